The van der Waals surface area contributed by atoms with Gasteiger partial charge in [-0.2, -0.15) is 0 Å². The van der Waals surface area contributed by atoms with Crippen LogP contribution in [0.25, 0.3) is 22.3 Å². The van der Waals surface area contributed by atoms with E-state index in [2.05, 4.69) is 4.98 Å². The molecule has 0 radical (unpaired) electrons. The van der Waals surface area contributed by atoms with E-state index in [1.807, 2.05) is 79.4 Å². The van der Waals surface area contributed by atoms with Crippen LogP contribution in [0.2, 0.25) is 0 Å². The van der Waals surface area contributed by atoms with Crippen LogP contribution in [-0.2, 0) is 29.0 Å². The molecular weight excluding hydrogens is 504 g/mol. The van der Waals surface area contributed by atoms with Crippen molar-refractivity contribution in [1.29, 1.82) is 0 Å². The van der Waals surface area contributed by atoms with Crippen molar-refractivity contribution in [3.8, 4) is 33.9 Å². The zero-order chi connectivity index (χ0) is 28.5. The SMILES string of the molecule is CCOc1ccc(-c2c(CC(=O)O)ccc(OC)c2-c2ccccc2CN(CC)C(=O)Cc2ccccc2)cn1. The molecule has 0 unspecified atom stereocenters. The third-order valence-corrected chi connectivity index (χ3v) is 6.71. The highest BCUT2D eigenvalue weighted by atomic mass is 16.5. The molecule has 7 heteroatoms. The number of rotatable bonds is 12. The molecule has 1 amide bonds. The largest absolute Gasteiger partial charge is 0.496 e. The number of carboxylic acid groups (broad SMARTS) is 1. The first-order valence-corrected chi connectivity index (χ1v) is 13.4. The van der Waals surface area contributed by atoms with Crippen molar-refractivity contribution in [2.75, 3.05) is 20.3 Å². The first kappa shape index (κ1) is 28.4. The number of hydrogen-bond donors (Lipinski definition) is 1. The van der Waals surface area contributed by atoms with Crippen LogP contribution in [0, 0.1) is 0 Å². The number of methoxy groups -OCH3 is 1. The van der Waals surface area contributed by atoms with Gasteiger partial charge in [-0.05, 0) is 53.8 Å². The maximum Gasteiger partial charge on any atom is 0.307 e. The predicted octanol–water partition coefficient (Wildman–Crippen LogP) is 6.04. The molecule has 7 nitrogen and oxygen atoms in total. The Morgan fingerprint density at radius 1 is 0.850 bits per heavy atom. The Kier molecular flexibility index (Phi) is 9.52. The molecule has 4 aromatic rings. The average Bonchev–Trinajstić information content (AvgIpc) is 2.97. The van der Waals surface area contributed by atoms with Crippen molar-refractivity contribution in [2.45, 2.75) is 33.2 Å². The quantitative estimate of drug-likeness (QED) is 0.237. The summed E-state index contributed by atoms with van der Waals surface area (Å²) in [6.45, 7) is 5.29. The van der Waals surface area contributed by atoms with Gasteiger partial charge in [-0.15, -0.1) is 0 Å². The monoisotopic (exact) mass is 538 g/mol. The first-order chi connectivity index (χ1) is 19.4. The number of aliphatic carboxylic acids is 1. The van der Waals surface area contributed by atoms with Gasteiger partial charge in [-0.25, -0.2) is 4.98 Å². The normalized spacial score (nSPS) is 10.7. The van der Waals surface area contributed by atoms with Gasteiger partial charge < -0.3 is 19.5 Å². The van der Waals surface area contributed by atoms with Crippen molar-refractivity contribution in [3.63, 3.8) is 0 Å². The van der Waals surface area contributed by atoms with E-state index in [-0.39, 0.29) is 12.3 Å². The van der Waals surface area contributed by atoms with Crippen molar-refractivity contribution in [3.05, 3.63) is 102 Å². The number of nitrogens with zero attached hydrogens (tertiary/aromatic N) is 2. The van der Waals surface area contributed by atoms with Gasteiger partial charge in [0.05, 0.1) is 26.6 Å². The van der Waals surface area contributed by atoms with Crippen molar-refractivity contribution in [1.82, 2.24) is 9.88 Å². The van der Waals surface area contributed by atoms with E-state index in [4.69, 9.17) is 9.47 Å². The number of hydrogen-bond acceptors (Lipinski definition) is 5. The summed E-state index contributed by atoms with van der Waals surface area (Å²) in [6, 6.07) is 24.8. The Morgan fingerprint density at radius 3 is 2.25 bits per heavy atom. The van der Waals surface area contributed by atoms with E-state index in [1.165, 1.54) is 0 Å². The van der Waals surface area contributed by atoms with Gasteiger partial charge in [-0.3, -0.25) is 9.59 Å². The van der Waals surface area contributed by atoms with Crippen LogP contribution in [0.3, 0.4) is 0 Å². The minimum Gasteiger partial charge on any atom is -0.496 e. The number of pyridine rings is 1. The summed E-state index contributed by atoms with van der Waals surface area (Å²) in [4.78, 5) is 31.4. The molecule has 4 rings (SSSR count). The molecule has 0 saturated carbocycles. The standard InChI is InChI=1S/C33H34N2O5/c1-4-35(30(36)19-23-11-7-6-8-12-23)22-26-13-9-10-14-27(26)33-28(39-3)17-15-24(20-31(37)38)32(33)25-16-18-29(34-21-25)40-5-2/h6-18,21H,4-5,19-20,22H2,1-3H3,(H,37,38). The number of carbonyl (C=O) groups excluding carboxylic acids is 1. The topological polar surface area (TPSA) is 89.0 Å². The fraction of sp³-hybridized carbons (Fsp3) is 0.242. The van der Waals surface area contributed by atoms with E-state index in [0.717, 1.165) is 33.4 Å². The van der Waals surface area contributed by atoms with Crippen molar-refractivity contribution in [2.24, 2.45) is 0 Å². The summed E-state index contributed by atoms with van der Waals surface area (Å²) in [5.41, 5.74) is 5.62. The highest BCUT2D eigenvalue weighted by Crippen LogP contribution is 2.43. The number of likely N-dealkylation sites (N-methyl/N-ethyl adjacent to an activating group) is 1. The summed E-state index contributed by atoms with van der Waals surface area (Å²) in [7, 11) is 1.60. The summed E-state index contributed by atoms with van der Waals surface area (Å²) < 4.78 is 11.3. The van der Waals surface area contributed by atoms with Gasteiger partial charge in [-0.1, -0.05) is 60.7 Å². The third kappa shape index (κ3) is 6.67. The van der Waals surface area contributed by atoms with Crippen LogP contribution in [0.4, 0.5) is 0 Å². The highest BCUT2D eigenvalue weighted by molar-refractivity contribution is 5.92. The summed E-state index contributed by atoms with van der Waals surface area (Å²) in [5.74, 6) is 0.190. The fourth-order valence-electron chi connectivity index (χ4n) is 4.83. The summed E-state index contributed by atoms with van der Waals surface area (Å²) >= 11 is 0. The molecule has 0 fully saturated rings. The molecule has 0 aliphatic carbocycles. The van der Waals surface area contributed by atoms with Crippen LogP contribution in [0.15, 0.2) is 85.1 Å². The van der Waals surface area contributed by atoms with Crippen LogP contribution < -0.4 is 9.47 Å². The van der Waals surface area contributed by atoms with E-state index >= 15 is 0 Å². The molecule has 40 heavy (non-hydrogen) atoms. The van der Waals surface area contributed by atoms with Gasteiger partial charge in [0.25, 0.3) is 0 Å². The lowest BCUT2D eigenvalue weighted by Gasteiger charge is -2.25. The lowest BCUT2D eigenvalue weighted by Crippen LogP contribution is -2.31. The smallest absolute Gasteiger partial charge is 0.307 e. The predicted molar refractivity (Wildman–Crippen MR) is 155 cm³/mol. The van der Waals surface area contributed by atoms with Gasteiger partial charge in [0, 0.05) is 36.5 Å². The Bertz CT molecular complexity index is 1450. The van der Waals surface area contributed by atoms with Crippen LogP contribution in [0.5, 0.6) is 11.6 Å². The van der Waals surface area contributed by atoms with E-state index < -0.39 is 5.97 Å². The lowest BCUT2D eigenvalue weighted by atomic mass is 9.87. The van der Waals surface area contributed by atoms with Crippen molar-refractivity contribution >= 4 is 11.9 Å². The minimum absolute atomic E-state index is 0.0334. The number of carbonyl (C=O) groups is 2. The Hall–Kier alpha value is -4.65. The molecule has 0 aliphatic rings. The van der Waals surface area contributed by atoms with Crippen LogP contribution >= 0.6 is 0 Å². The zero-order valence-corrected chi connectivity index (χ0v) is 23.1. The molecule has 0 bridgehead atoms. The van der Waals surface area contributed by atoms with Gasteiger partial charge in [0.15, 0.2) is 0 Å². The van der Waals surface area contributed by atoms with E-state index in [1.54, 1.807) is 31.5 Å². The fourth-order valence-corrected chi connectivity index (χ4v) is 4.83. The van der Waals surface area contributed by atoms with E-state index in [9.17, 15) is 14.7 Å². The molecule has 0 spiro atoms. The molecule has 1 N–H and O–H groups in total. The second kappa shape index (κ2) is 13.4. The highest BCUT2D eigenvalue weighted by Gasteiger charge is 2.23. The van der Waals surface area contributed by atoms with Gasteiger partial charge in [0.2, 0.25) is 11.8 Å². The average molecular weight is 539 g/mol. The molecule has 3 aromatic carbocycles. The maximum absolute atomic E-state index is 13.3. The number of amides is 1. The van der Waals surface area contributed by atoms with Crippen LogP contribution in [0.1, 0.15) is 30.5 Å². The Balaban J connectivity index is 1.82. The molecule has 0 saturated heterocycles. The lowest BCUT2D eigenvalue weighted by molar-refractivity contribution is -0.136. The van der Waals surface area contributed by atoms with Crippen molar-refractivity contribution < 1.29 is 24.2 Å². The molecule has 1 aromatic heterocycles. The number of benzene rings is 3. The molecule has 1 heterocycles. The Morgan fingerprint density at radius 2 is 1.60 bits per heavy atom. The maximum atomic E-state index is 13.3. The third-order valence-electron chi connectivity index (χ3n) is 6.71. The minimum atomic E-state index is -0.937. The van der Waals surface area contributed by atoms with E-state index in [0.29, 0.717) is 43.3 Å². The van der Waals surface area contributed by atoms with Gasteiger partial charge >= 0.3 is 5.97 Å². The number of aromatic nitrogens is 1. The molecule has 0 atom stereocenters. The summed E-state index contributed by atoms with van der Waals surface area (Å²) in [6.07, 6.45) is 1.84. The Labute approximate surface area is 235 Å². The first-order valence-electron chi connectivity index (χ1n) is 13.4. The van der Waals surface area contributed by atoms with Gasteiger partial charge in [0.1, 0.15) is 5.75 Å². The van der Waals surface area contributed by atoms with Crippen LogP contribution in [-0.4, -0.2) is 47.1 Å². The molecular formula is C33H34N2O5. The summed E-state index contributed by atoms with van der Waals surface area (Å²) in [5, 5.41) is 9.72. The molecule has 206 valence electrons. The molecule has 0 aliphatic heterocycles. The second-order valence-corrected chi connectivity index (χ2v) is 9.29. The number of carboxylic acids is 1. The zero-order valence-electron chi connectivity index (χ0n) is 23.1. The second-order valence-electron chi connectivity index (χ2n) is 9.29. The number of ether oxygens (including phenoxy) is 2.